The normalized spacial score (nSPS) is 18.3. The SMILES string of the molecule is CC1(CCNc2ncnc3nc[nH]c23)OCCO1. The largest absolute Gasteiger partial charge is 0.368 e. The zero-order valence-electron chi connectivity index (χ0n) is 10.1. The minimum atomic E-state index is -0.479. The van der Waals surface area contributed by atoms with E-state index in [2.05, 4.69) is 25.3 Å². The maximum Gasteiger partial charge on any atom is 0.182 e. The number of ether oxygens (including phenoxy) is 2. The summed E-state index contributed by atoms with van der Waals surface area (Å²) in [7, 11) is 0. The molecular weight excluding hydrogens is 234 g/mol. The highest BCUT2D eigenvalue weighted by Crippen LogP contribution is 2.23. The van der Waals surface area contributed by atoms with Crippen molar-refractivity contribution in [1.29, 1.82) is 0 Å². The van der Waals surface area contributed by atoms with Crippen LogP contribution in [-0.2, 0) is 9.47 Å². The van der Waals surface area contributed by atoms with E-state index in [0.29, 0.717) is 25.4 Å². The highest BCUT2D eigenvalue weighted by atomic mass is 16.7. The molecular formula is C11H15N5O2. The van der Waals surface area contributed by atoms with Crippen molar-refractivity contribution >= 4 is 17.0 Å². The van der Waals surface area contributed by atoms with Gasteiger partial charge in [-0.25, -0.2) is 15.0 Å². The molecule has 1 saturated heterocycles. The second kappa shape index (κ2) is 4.51. The molecule has 0 amide bonds. The maximum absolute atomic E-state index is 5.54. The molecule has 0 saturated carbocycles. The Kier molecular flexibility index (Phi) is 2.85. The van der Waals surface area contributed by atoms with Gasteiger partial charge in [-0.05, 0) is 6.92 Å². The number of hydrogen-bond donors (Lipinski definition) is 2. The third kappa shape index (κ3) is 2.14. The number of H-pyrrole nitrogens is 1. The number of nitrogens with zero attached hydrogens (tertiary/aromatic N) is 3. The molecule has 18 heavy (non-hydrogen) atoms. The van der Waals surface area contributed by atoms with Gasteiger partial charge in [0.05, 0.1) is 19.5 Å². The van der Waals surface area contributed by atoms with Gasteiger partial charge in [-0.15, -0.1) is 0 Å². The maximum atomic E-state index is 5.54. The molecule has 3 rings (SSSR count). The van der Waals surface area contributed by atoms with E-state index in [1.165, 1.54) is 6.33 Å². The van der Waals surface area contributed by atoms with E-state index < -0.39 is 5.79 Å². The average Bonchev–Trinajstić information content (AvgIpc) is 2.98. The van der Waals surface area contributed by atoms with E-state index >= 15 is 0 Å². The van der Waals surface area contributed by atoms with Crippen molar-refractivity contribution in [3.05, 3.63) is 12.7 Å². The summed E-state index contributed by atoms with van der Waals surface area (Å²) in [6.45, 7) is 3.98. The van der Waals surface area contributed by atoms with Crippen molar-refractivity contribution in [2.24, 2.45) is 0 Å². The monoisotopic (exact) mass is 249 g/mol. The van der Waals surface area contributed by atoms with Gasteiger partial charge in [0.15, 0.2) is 17.3 Å². The summed E-state index contributed by atoms with van der Waals surface area (Å²) in [4.78, 5) is 15.3. The van der Waals surface area contributed by atoms with Crippen LogP contribution in [0.2, 0.25) is 0 Å². The fraction of sp³-hybridized carbons (Fsp3) is 0.545. The summed E-state index contributed by atoms with van der Waals surface area (Å²) < 4.78 is 11.1. The molecule has 0 atom stereocenters. The van der Waals surface area contributed by atoms with Crippen molar-refractivity contribution in [3.63, 3.8) is 0 Å². The molecule has 0 spiro atoms. The van der Waals surface area contributed by atoms with Crippen LogP contribution in [0.15, 0.2) is 12.7 Å². The Labute approximate surface area is 104 Å². The van der Waals surface area contributed by atoms with Gasteiger partial charge in [-0.1, -0.05) is 0 Å². The lowest BCUT2D eigenvalue weighted by Crippen LogP contribution is -2.28. The van der Waals surface area contributed by atoms with Crippen molar-refractivity contribution < 1.29 is 9.47 Å². The zero-order chi connectivity index (χ0) is 12.4. The second-order valence-corrected chi connectivity index (χ2v) is 4.33. The predicted molar refractivity (Wildman–Crippen MR) is 65.1 cm³/mol. The van der Waals surface area contributed by atoms with Gasteiger partial charge in [-0.3, -0.25) is 0 Å². The summed E-state index contributed by atoms with van der Waals surface area (Å²) >= 11 is 0. The van der Waals surface area contributed by atoms with Crippen LogP contribution < -0.4 is 5.32 Å². The number of aromatic amines is 1. The Bertz CT molecular complexity index is 535. The summed E-state index contributed by atoms with van der Waals surface area (Å²) in [5.74, 6) is 0.270. The standard InChI is InChI=1S/C11H15N5O2/c1-11(17-4-5-18-11)2-3-12-9-8-10(14-6-13-8)16-7-15-9/h6-7H,2-5H2,1H3,(H2,12,13,14,15,16). The molecule has 1 fully saturated rings. The van der Waals surface area contributed by atoms with E-state index in [9.17, 15) is 0 Å². The Hall–Kier alpha value is -1.73. The molecule has 0 bridgehead atoms. The topological polar surface area (TPSA) is 85.0 Å². The second-order valence-electron chi connectivity index (χ2n) is 4.33. The first kappa shape index (κ1) is 11.4. The highest BCUT2D eigenvalue weighted by Gasteiger charge is 2.30. The van der Waals surface area contributed by atoms with Crippen LogP contribution in [0, 0.1) is 0 Å². The van der Waals surface area contributed by atoms with Crippen molar-refractivity contribution in [2.75, 3.05) is 25.1 Å². The molecule has 96 valence electrons. The quantitative estimate of drug-likeness (QED) is 0.838. The summed E-state index contributed by atoms with van der Waals surface area (Å²) in [5, 5.41) is 3.24. The van der Waals surface area contributed by atoms with Gasteiger partial charge >= 0.3 is 0 Å². The Morgan fingerprint density at radius 1 is 1.33 bits per heavy atom. The number of imidazole rings is 1. The first-order valence-corrected chi connectivity index (χ1v) is 5.93. The van der Waals surface area contributed by atoms with E-state index in [0.717, 1.165) is 17.8 Å². The van der Waals surface area contributed by atoms with E-state index in [1.807, 2.05) is 6.92 Å². The molecule has 7 nitrogen and oxygen atoms in total. The zero-order valence-corrected chi connectivity index (χ0v) is 10.1. The minimum Gasteiger partial charge on any atom is -0.368 e. The summed E-state index contributed by atoms with van der Waals surface area (Å²) in [6.07, 6.45) is 3.86. The number of anilines is 1. The predicted octanol–water partition coefficient (Wildman–Crippen LogP) is 0.918. The van der Waals surface area contributed by atoms with Gasteiger partial charge in [0.25, 0.3) is 0 Å². The van der Waals surface area contributed by atoms with Crippen LogP contribution in [-0.4, -0.2) is 45.5 Å². The number of hydrogen-bond acceptors (Lipinski definition) is 6. The molecule has 0 unspecified atom stereocenters. The van der Waals surface area contributed by atoms with Gasteiger partial charge in [-0.2, -0.15) is 0 Å². The number of fused-ring (bicyclic) bond motifs is 1. The molecule has 0 aliphatic carbocycles. The lowest BCUT2D eigenvalue weighted by Gasteiger charge is -2.22. The van der Waals surface area contributed by atoms with Crippen LogP contribution in [0.1, 0.15) is 13.3 Å². The fourth-order valence-corrected chi connectivity index (χ4v) is 2.01. The number of nitrogens with one attached hydrogen (secondary N) is 2. The van der Waals surface area contributed by atoms with Crippen molar-refractivity contribution in [3.8, 4) is 0 Å². The van der Waals surface area contributed by atoms with Crippen molar-refractivity contribution in [1.82, 2.24) is 19.9 Å². The van der Waals surface area contributed by atoms with Gasteiger partial charge in [0.2, 0.25) is 0 Å². The molecule has 2 N–H and O–H groups in total. The van der Waals surface area contributed by atoms with Gasteiger partial charge in [0, 0.05) is 13.0 Å². The lowest BCUT2D eigenvalue weighted by molar-refractivity contribution is -0.144. The highest BCUT2D eigenvalue weighted by molar-refractivity contribution is 5.81. The minimum absolute atomic E-state index is 0.479. The molecule has 2 aromatic heterocycles. The number of aromatic nitrogens is 4. The Morgan fingerprint density at radius 2 is 2.17 bits per heavy atom. The number of rotatable bonds is 4. The first-order chi connectivity index (χ1) is 8.77. The Morgan fingerprint density at radius 3 is 3.00 bits per heavy atom. The molecule has 3 heterocycles. The molecule has 0 radical (unpaired) electrons. The Balaban J connectivity index is 1.64. The molecule has 0 aromatic carbocycles. The average molecular weight is 249 g/mol. The summed E-state index contributed by atoms with van der Waals surface area (Å²) in [5.41, 5.74) is 1.47. The van der Waals surface area contributed by atoms with Gasteiger partial charge < -0.3 is 19.8 Å². The van der Waals surface area contributed by atoms with Crippen LogP contribution in [0.25, 0.3) is 11.2 Å². The van der Waals surface area contributed by atoms with Crippen LogP contribution in [0.3, 0.4) is 0 Å². The van der Waals surface area contributed by atoms with E-state index in [-0.39, 0.29) is 0 Å². The molecule has 1 aliphatic heterocycles. The van der Waals surface area contributed by atoms with Gasteiger partial charge in [0.1, 0.15) is 11.8 Å². The first-order valence-electron chi connectivity index (χ1n) is 5.93. The third-order valence-electron chi connectivity index (χ3n) is 2.99. The van der Waals surface area contributed by atoms with E-state index in [4.69, 9.17) is 9.47 Å². The van der Waals surface area contributed by atoms with Crippen LogP contribution >= 0.6 is 0 Å². The fourth-order valence-electron chi connectivity index (χ4n) is 2.01. The lowest BCUT2D eigenvalue weighted by atomic mass is 10.2. The van der Waals surface area contributed by atoms with E-state index in [1.54, 1.807) is 6.33 Å². The third-order valence-corrected chi connectivity index (χ3v) is 2.99. The molecule has 7 heteroatoms. The van der Waals surface area contributed by atoms with Crippen molar-refractivity contribution in [2.45, 2.75) is 19.1 Å². The van der Waals surface area contributed by atoms with Crippen LogP contribution in [0.5, 0.6) is 0 Å². The molecule has 1 aliphatic rings. The smallest absolute Gasteiger partial charge is 0.182 e. The molecule has 2 aromatic rings. The summed E-state index contributed by atoms with van der Waals surface area (Å²) in [6, 6.07) is 0. The van der Waals surface area contributed by atoms with Crippen LogP contribution in [0.4, 0.5) is 5.82 Å².